The number of rotatable bonds is 4. The van der Waals surface area contributed by atoms with E-state index >= 15 is 0 Å². The van der Waals surface area contributed by atoms with E-state index in [2.05, 4.69) is 5.92 Å². The van der Waals surface area contributed by atoms with Crippen LogP contribution in [0.2, 0.25) is 0 Å². The van der Waals surface area contributed by atoms with Crippen LogP contribution in [0.25, 0.3) is 0 Å². The Morgan fingerprint density at radius 3 is 2.67 bits per heavy atom. The van der Waals surface area contributed by atoms with E-state index < -0.39 is 11.6 Å². The molecule has 5 nitrogen and oxygen atoms in total. The molecule has 0 aromatic heterocycles. The van der Waals surface area contributed by atoms with Crippen molar-refractivity contribution in [1.82, 2.24) is 4.90 Å². The van der Waals surface area contributed by atoms with Crippen molar-refractivity contribution in [1.29, 1.82) is 0 Å². The number of ether oxygens (including phenoxy) is 1. The Morgan fingerprint density at radius 2 is 2.20 bits per heavy atom. The van der Waals surface area contributed by atoms with Gasteiger partial charge in [0.05, 0.1) is 19.5 Å². The quantitative estimate of drug-likeness (QED) is 0.649. The molecule has 1 N–H and O–H groups in total. The highest BCUT2D eigenvalue weighted by atomic mass is 16.5. The van der Waals surface area contributed by atoms with E-state index in [-0.39, 0.29) is 18.9 Å². The van der Waals surface area contributed by atoms with Crippen molar-refractivity contribution in [2.75, 3.05) is 19.7 Å². The summed E-state index contributed by atoms with van der Waals surface area (Å²) in [5.74, 6) is 1.14. The zero-order valence-corrected chi connectivity index (χ0v) is 8.52. The van der Waals surface area contributed by atoms with Crippen LogP contribution < -0.4 is 0 Å². The van der Waals surface area contributed by atoms with Crippen molar-refractivity contribution >= 4 is 11.9 Å². The smallest absolute Gasteiger partial charge is 0.329 e. The summed E-state index contributed by atoms with van der Waals surface area (Å²) < 4.78 is 5.14. The van der Waals surface area contributed by atoms with Gasteiger partial charge in [-0.3, -0.25) is 4.79 Å². The van der Waals surface area contributed by atoms with Gasteiger partial charge in [-0.25, -0.2) is 4.79 Å². The van der Waals surface area contributed by atoms with Gasteiger partial charge in [-0.2, -0.15) is 0 Å². The van der Waals surface area contributed by atoms with Gasteiger partial charge in [0.2, 0.25) is 5.91 Å². The topological polar surface area (TPSA) is 66.8 Å². The Morgan fingerprint density at radius 1 is 1.60 bits per heavy atom. The molecule has 0 spiro atoms. The fourth-order valence-corrected chi connectivity index (χ4v) is 1.46. The first kappa shape index (κ1) is 11.5. The summed E-state index contributed by atoms with van der Waals surface area (Å²) in [6, 6.07) is 0. The van der Waals surface area contributed by atoms with Crippen LogP contribution in [0.15, 0.2) is 0 Å². The van der Waals surface area contributed by atoms with Crippen molar-refractivity contribution in [2.24, 2.45) is 0 Å². The van der Waals surface area contributed by atoms with Crippen molar-refractivity contribution in [2.45, 2.75) is 18.9 Å². The van der Waals surface area contributed by atoms with E-state index in [1.54, 1.807) is 11.8 Å². The summed E-state index contributed by atoms with van der Waals surface area (Å²) in [7, 11) is 0. The highest BCUT2D eigenvalue weighted by Gasteiger charge is 2.42. The predicted octanol–water partition coefficient (Wildman–Crippen LogP) is -0.288. The Hall–Kier alpha value is -1.54. The second-order valence-corrected chi connectivity index (χ2v) is 3.76. The number of hydrogen-bond acceptors (Lipinski definition) is 3. The molecule has 1 saturated heterocycles. The number of terminal acetylenes is 1. The fourth-order valence-electron chi connectivity index (χ4n) is 1.46. The third-order valence-electron chi connectivity index (χ3n) is 2.20. The molecule has 15 heavy (non-hydrogen) atoms. The number of nitrogens with zero attached hydrogens (tertiary/aromatic N) is 1. The second kappa shape index (κ2) is 4.32. The lowest BCUT2D eigenvalue weighted by molar-refractivity contribution is -0.172. The van der Waals surface area contributed by atoms with Gasteiger partial charge in [0.25, 0.3) is 0 Å². The molecular weight excluding hydrogens is 198 g/mol. The summed E-state index contributed by atoms with van der Waals surface area (Å²) in [5, 5.41) is 8.42. The summed E-state index contributed by atoms with van der Waals surface area (Å²) >= 11 is 0. The van der Waals surface area contributed by atoms with Gasteiger partial charge in [0, 0.05) is 0 Å². The number of carbonyl (C=O) groups excluding carboxylic acids is 1. The van der Waals surface area contributed by atoms with Gasteiger partial charge in [-0.1, -0.05) is 5.92 Å². The predicted molar refractivity (Wildman–Crippen MR) is 52.0 cm³/mol. The summed E-state index contributed by atoms with van der Waals surface area (Å²) in [6.45, 7) is 2.24. The van der Waals surface area contributed by atoms with Crippen LogP contribution in [-0.2, 0) is 14.3 Å². The lowest BCUT2D eigenvalue weighted by atomic mass is 9.96. The molecule has 0 aromatic rings. The molecule has 1 aliphatic heterocycles. The average Bonchev–Trinajstić information content (AvgIpc) is 2.10. The molecule has 0 radical (unpaired) electrons. The maximum atomic E-state index is 11.3. The van der Waals surface area contributed by atoms with Crippen LogP contribution in [0.3, 0.4) is 0 Å². The minimum atomic E-state index is -1.01. The number of amides is 1. The Kier molecular flexibility index (Phi) is 3.32. The first-order valence-corrected chi connectivity index (χ1v) is 4.54. The number of carbonyl (C=O) groups is 2. The van der Waals surface area contributed by atoms with Gasteiger partial charge in [0.15, 0.2) is 0 Å². The standard InChI is InChI=1S/C10H13NO4/c1-3-4-8(12)11-6-10(2,7-11)15-5-9(13)14/h1H,4-7H2,2H3,(H,13,14). The van der Waals surface area contributed by atoms with Crippen molar-refractivity contribution in [3.05, 3.63) is 0 Å². The molecule has 0 unspecified atom stereocenters. The monoisotopic (exact) mass is 211 g/mol. The van der Waals surface area contributed by atoms with Gasteiger partial charge < -0.3 is 14.7 Å². The number of carboxylic acid groups (broad SMARTS) is 1. The number of hydrogen-bond donors (Lipinski definition) is 1. The van der Waals surface area contributed by atoms with Crippen molar-refractivity contribution in [3.8, 4) is 12.3 Å². The molecule has 1 aliphatic rings. The molecule has 1 fully saturated rings. The van der Waals surface area contributed by atoms with E-state index in [1.165, 1.54) is 0 Å². The highest BCUT2D eigenvalue weighted by Crippen LogP contribution is 2.24. The first-order chi connectivity index (χ1) is 6.97. The molecule has 0 atom stereocenters. The van der Waals surface area contributed by atoms with Crippen LogP contribution in [0, 0.1) is 12.3 Å². The Labute approximate surface area is 88.0 Å². The maximum Gasteiger partial charge on any atom is 0.329 e. The fraction of sp³-hybridized carbons (Fsp3) is 0.600. The molecule has 0 aromatic carbocycles. The molecule has 1 heterocycles. The van der Waals surface area contributed by atoms with Crippen LogP contribution in [0.5, 0.6) is 0 Å². The average molecular weight is 211 g/mol. The van der Waals surface area contributed by atoms with Crippen LogP contribution in [0.1, 0.15) is 13.3 Å². The molecule has 82 valence electrons. The number of aliphatic carboxylic acids is 1. The summed E-state index contributed by atoms with van der Waals surface area (Å²) in [5.41, 5.74) is -0.539. The van der Waals surface area contributed by atoms with E-state index in [0.717, 1.165) is 0 Å². The zero-order valence-electron chi connectivity index (χ0n) is 8.52. The van der Waals surface area contributed by atoms with E-state index in [0.29, 0.717) is 13.1 Å². The van der Waals surface area contributed by atoms with Crippen molar-refractivity contribution < 1.29 is 19.4 Å². The largest absolute Gasteiger partial charge is 0.480 e. The van der Waals surface area contributed by atoms with E-state index in [9.17, 15) is 9.59 Å². The molecule has 0 aliphatic carbocycles. The summed E-state index contributed by atoms with van der Waals surface area (Å²) in [6.07, 6.45) is 5.08. The minimum Gasteiger partial charge on any atom is -0.480 e. The van der Waals surface area contributed by atoms with Crippen LogP contribution >= 0.6 is 0 Å². The number of carboxylic acids is 1. The highest BCUT2D eigenvalue weighted by molar-refractivity contribution is 5.79. The van der Waals surface area contributed by atoms with Gasteiger partial charge in [-0.15, -0.1) is 6.42 Å². The first-order valence-electron chi connectivity index (χ1n) is 4.54. The molecule has 5 heteroatoms. The van der Waals surface area contributed by atoms with E-state index in [4.69, 9.17) is 16.3 Å². The second-order valence-electron chi connectivity index (χ2n) is 3.76. The Bertz CT molecular complexity index is 312. The van der Waals surface area contributed by atoms with Gasteiger partial charge >= 0.3 is 5.97 Å². The summed E-state index contributed by atoms with van der Waals surface area (Å²) in [4.78, 5) is 23.1. The lowest BCUT2D eigenvalue weighted by Gasteiger charge is -2.47. The minimum absolute atomic E-state index is 0.0784. The third kappa shape index (κ3) is 2.96. The van der Waals surface area contributed by atoms with E-state index in [1.807, 2.05) is 0 Å². The Balaban J connectivity index is 2.32. The third-order valence-corrected chi connectivity index (χ3v) is 2.20. The van der Waals surface area contributed by atoms with Gasteiger partial charge in [0.1, 0.15) is 12.2 Å². The number of likely N-dealkylation sites (tertiary alicyclic amines) is 1. The zero-order chi connectivity index (χ0) is 11.5. The molecule has 1 rings (SSSR count). The van der Waals surface area contributed by atoms with Crippen LogP contribution in [0.4, 0.5) is 0 Å². The molecule has 1 amide bonds. The maximum absolute atomic E-state index is 11.3. The van der Waals surface area contributed by atoms with Gasteiger partial charge in [-0.05, 0) is 6.92 Å². The van der Waals surface area contributed by atoms with Crippen molar-refractivity contribution in [3.63, 3.8) is 0 Å². The molecule has 0 bridgehead atoms. The lowest BCUT2D eigenvalue weighted by Crippen LogP contribution is -2.63. The molecule has 0 saturated carbocycles. The molecular formula is C10H13NO4. The normalized spacial score (nSPS) is 17.7. The van der Waals surface area contributed by atoms with Crippen LogP contribution in [-0.4, -0.2) is 47.2 Å². The SMILES string of the molecule is C#CCC(=O)N1CC(C)(OCC(=O)O)C1.